The number of hydrogen-bond acceptors (Lipinski definition) is 7. The summed E-state index contributed by atoms with van der Waals surface area (Å²) in [4.78, 5) is 43.0. The SMILES string of the molecule is C[C@H](CO)N1C[C@H](C)[C@H](CN(C)C(=O)Nc2ccc3c(c2)OCO3)Oc2c(NC(=O)NC3CCCCC3)cccc2C1=O. The van der Waals surface area contributed by atoms with E-state index in [1.165, 1.54) is 11.3 Å². The maximum atomic E-state index is 13.7. The molecule has 3 atom stereocenters. The molecule has 43 heavy (non-hydrogen) atoms. The number of carbonyl (C=O) groups is 3. The zero-order valence-corrected chi connectivity index (χ0v) is 24.9. The predicted octanol–water partition coefficient (Wildman–Crippen LogP) is 4.25. The number of rotatable bonds is 7. The lowest BCUT2D eigenvalue weighted by molar-refractivity contribution is 0.0373. The third-order valence-electron chi connectivity index (χ3n) is 8.30. The summed E-state index contributed by atoms with van der Waals surface area (Å²) in [7, 11) is 1.67. The van der Waals surface area contributed by atoms with Crippen molar-refractivity contribution in [3.63, 3.8) is 0 Å². The van der Waals surface area contributed by atoms with Gasteiger partial charge in [-0.05, 0) is 44.0 Å². The first-order chi connectivity index (χ1) is 20.7. The van der Waals surface area contributed by atoms with Crippen LogP contribution in [0.15, 0.2) is 36.4 Å². The molecule has 5 rings (SSSR count). The molecule has 1 aliphatic carbocycles. The van der Waals surface area contributed by atoms with Crippen molar-refractivity contribution in [2.75, 3.05) is 44.2 Å². The van der Waals surface area contributed by atoms with E-state index in [1.54, 1.807) is 55.3 Å². The highest BCUT2D eigenvalue weighted by Crippen LogP contribution is 2.36. The van der Waals surface area contributed by atoms with Gasteiger partial charge in [-0.1, -0.05) is 32.3 Å². The number of ether oxygens (including phenoxy) is 3. The van der Waals surface area contributed by atoms with Crippen molar-refractivity contribution in [3.8, 4) is 17.2 Å². The highest BCUT2D eigenvalue weighted by Gasteiger charge is 2.35. The summed E-state index contributed by atoms with van der Waals surface area (Å²) in [5, 5.41) is 18.8. The first-order valence-electron chi connectivity index (χ1n) is 14.9. The van der Waals surface area contributed by atoms with Crippen LogP contribution in [-0.2, 0) is 0 Å². The van der Waals surface area contributed by atoms with Crippen LogP contribution in [0.4, 0.5) is 21.0 Å². The Balaban J connectivity index is 1.36. The van der Waals surface area contributed by atoms with E-state index in [1.807, 2.05) is 6.92 Å². The zero-order valence-electron chi connectivity index (χ0n) is 24.9. The van der Waals surface area contributed by atoms with Crippen LogP contribution in [0.25, 0.3) is 0 Å². The monoisotopic (exact) mass is 595 g/mol. The summed E-state index contributed by atoms with van der Waals surface area (Å²) in [6, 6.07) is 9.18. The Bertz CT molecular complexity index is 1330. The number of nitrogens with one attached hydrogen (secondary N) is 3. The standard InChI is InChI=1S/C31H41N5O7/c1-19-15-36(20(2)17-37)29(38)23-10-7-11-24(34-30(39)32-21-8-5-4-6-9-21)28(23)43-27(19)16-35(3)31(40)33-22-12-13-25-26(14-22)42-18-41-25/h7,10-14,19-21,27,37H,4-6,8-9,15-18H2,1-3H3,(H,33,40)(H2,32,34,39)/t19-,20+,27-/m0/s1. The fourth-order valence-electron chi connectivity index (χ4n) is 5.70. The van der Waals surface area contributed by atoms with Crippen LogP contribution in [0.2, 0.25) is 0 Å². The number of para-hydroxylation sites is 1. The number of urea groups is 2. The Morgan fingerprint density at radius 3 is 2.63 bits per heavy atom. The number of fused-ring (bicyclic) bond motifs is 2. The maximum Gasteiger partial charge on any atom is 0.321 e. The molecule has 0 aromatic heterocycles. The Kier molecular flexibility index (Phi) is 9.44. The van der Waals surface area contributed by atoms with E-state index in [-0.39, 0.29) is 61.2 Å². The fraction of sp³-hybridized carbons (Fsp3) is 0.516. The summed E-state index contributed by atoms with van der Waals surface area (Å²) in [6.07, 6.45) is 4.66. The van der Waals surface area contributed by atoms with E-state index in [0.29, 0.717) is 29.4 Å². The molecule has 0 bridgehead atoms. The van der Waals surface area contributed by atoms with Crippen LogP contribution in [0, 0.1) is 5.92 Å². The molecule has 232 valence electrons. The van der Waals surface area contributed by atoms with Crippen molar-refractivity contribution >= 4 is 29.3 Å². The lowest BCUT2D eigenvalue weighted by Gasteiger charge is -2.38. The topological polar surface area (TPSA) is 142 Å². The Morgan fingerprint density at radius 2 is 1.86 bits per heavy atom. The smallest absolute Gasteiger partial charge is 0.321 e. The molecule has 2 aromatic carbocycles. The maximum absolute atomic E-state index is 13.7. The van der Waals surface area contributed by atoms with Gasteiger partial charge in [0, 0.05) is 37.3 Å². The second kappa shape index (κ2) is 13.4. The quantitative estimate of drug-likeness (QED) is 0.375. The molecular formula is C31H41N5O7. The lowest BCUT2D eigenvalue weighted by Crippen LogP contribution is -2.50. The molecule has 2 aliphatic heterocycles. The fourth-order valence-corrected chi connectivity index (χ4v) is 5.70. The number of aliphatic hydroxyl groups is 1. The molecular weight excluding hydrogens is 554 g/mol. The summed E-state index contributed by atoms with van der Waals surface area (Å²) in [5.74, 6) is 0.893. The number of nitrogens with zero attached hydrogens (tertiary/aromatic N) is 2. The van der Waals surface area contributed by atoms with Crippen LogP contribution in [0.1, 0.15) is 56.3 Å². The van der Waals surface area contributed by atoms with Crippen LogP contribution in [0.5, 0.6) is 17.2 Å². The van der Waals surface area contributed by atoms with Gasteiger partial charge in [-0.2, -0.15) is 0 Å². The number of hydrogen-bond donors (Lipinski definition) is 4. The van der Waals surface area contributed by atoms with Gasteiger partial charge in [0.15, 0.2) is 17.2 Å². The van der Waals surface area contributed by atoms with Gasteiger partial charge in [-0.25, -0.2) is 9.59 Å². The van der Waals surface area contributed by atoms with Crippen molar-refractivity contribution in [3.05, 3.63) is 42.0 Å². The van der Waals surface area contributed by atoms with E-state index < -0.39 is 12.1 Å². The van der Waals surface area contributed by atoms with Crippen molar-refractivity contribution < 1.29 is 33.7 Å². The molecule has 5 amide bonds. The lowest BCUT2D eigenvalue weighted by atomic mass is 9.96. The third kappa shape index (κ3) is 7.07. The van der Waals surface area contributed by atoms with Crippen LogP contribution in [0.3, 0.4) is 0 Å². The number of aliphatic hydroxyl groups excluding tert-OH is 1. The van der Waals surface area contributed by atoms with Gasteiger partial charge in [0.05, 0.1) is 30.4 Å². The van der Waals surface area contributed by atoms with Crippen LogP contribution < -0.4 is 30.2 Å². The largest absolute Gasteiger partial charge is 0.485 e. The Labute approximate surface area is 251 Å². The Morgan fingerprint density at radius 1 is 1.09 bits per heavy atom. The number of amides is 5. The molecule has 0 unspecified atom stereocenters. The van der Waals surface area contributed by atoms with Gasteiger partial charge in [0.2, 0.25) is 6.79 Å². The molecule has 3 aliphatic rings. The highest BCUT2D eigenvalue weighted by atomic mass is 16.7. The summed E-state index contributed by atoms with van der Waals surface area (Å²) in [5.41, 5.74) is 1.20. The van der Waals surface area contributed by atoms with Gasteiger partial charge in [-0.3, -0.25) is 4.79 Å². The van der Waals surface area contributed by atoms with Crippen molar-refractivity contribution in [2.45, 2.75) is 64.1 Å². The molecule has 0 saturated heterocycles. The molecule has 0 radical (unpaired) electrons. The molecule has 12 nitrogen and oxygen atoms in total. The van der Waals surface area contributed by atoms with Gasteiger partial charge in [0.1, 0.15) is 6.10 Å². The molecule has 4 N–H and O–H groups in total. The highest BCUT2D eigenvalue weighted by molar-refractivity contribution is 6.01. The summed E-state index contributed by atoms with van der Waals surface area (Å²) >= 11 is 0. The van der Waals surface area contributed by atoms with E-state index in [4.69, 9.17) is 14.2 Å². The summed E-state index contributed by atoms with van der Waals surface area (Å²) < 4.78 is 17.3. The van der Waals surface area contributed by atoms with Gasteiger partial charge < -0.3 is 45.1 Å². The predicted molar refractivity (Wildman–Crippen MR) is 161 cm³/mol. The van der Waals surface area contributed by atoms with Crippen molar-refractivity contribution in [1.29, 1.82) is 0 Å². The molecule has 2 aromatic rings. The van der Waals surface area contributed by atoms with E-state index in [0.717, 1.165) is 25.7 Å². The minimum atomic E-state index is -0.544. The second-order valence-corrected chi connectivity index (χ2v) is 11.6. The van der Waals surface area contributed by atoms with Crippen LogP contribution >= 0.6 is 0 Å². The average Bonchev–Trinajstić information content (AvgIpc) is 3.47. The van der Waals surface area contributed by atoms with E-state index in [2.05, 4.69) is 16.0 Å². The first-order valence-corrected chi connectivity index (χ1v) is 14.9. The first kappa shape index (κ1) is 30.3. The third-order valence-corrected chi connectivity index (χ3v) is 8.30. The van der Waals surface area contributed by atoms with Gasteiger partial charge in [0.25, 0.3) is 5.91 Å². The number of benzene rings is 2. The number of anilines is 2. The second-order valence-electron chi connectivity index (χ2n) is 11.6. The Hall–Kier alpha value is -4.19. The van der Waals surface area contributed by atoms with Crippen molar-refractivity contribution in [2.24, 2.45) is 5.92 Å². The molecule has 1 saturated carbocycles. The minimum Gasteiger partial charge on any atom is -0.485 e. The van der Waals surface area contributed by atoms with Crippen LogP contribution in [-0.4, -0.2) is 84.6 Å². The average molecular weight is 596 g/mol. The molecule has 12 heteroatoms. The summed E-state index contributed by atoms with van der Waals surface area (Å²) in [6.45, 7) is 4.15. The molecule has 1 fully saturated rings. The van der Waals surface area contributed by atoms with E-state index in [9.17, 15) is 19.5 Å². The number of carbonyl (C=O) groups excluding carboxylic acids is 3. The number of likely N-dealkylation sites (N-methyl/N-ethyl adjacent to an activating group) is 1. The normalized spacial score (nSPS) is 20.7. The zero-order chi connectivity index (χ0) is 30.5. The van der Waals surface area contributed by atoms with E-state index >= 15 is 0 Å². The van der Waals surface area contributed by atoms with Crippen molar-refractivity contribution in [1.82, 2.24) is 15.1 Å². The van der Waals surface area contributed by atoms with Gasteiger partial charge >= 0.3 is 12.1 Å². The molecule has 2 heterocycles. The molecule has 0 spiro atoms. The minimum absolute atomic E-state index is 0.104. The van der Waals surface area contributed by atoms with Gasteiger partial charge in [-0.15, -0.1) is 0 Å².